The minimum Gasteiger partial charge on any atom is -0.396 e. The van der Waals surface area contributed by atoms with E-state index in [0.717, 1.165) is 51.5 Å². The molecule has 0 aromatic carbocycles. The van der Waals surface area contributed by atoms with Crippen LogP contribution in [0.2, 0.25) is 0 Å². The van der Waals surface area contributed by atoms with Crippen molar-refractivity contribution in [1.29, 1.82) is 0 Å². The normalized spacial score (nSPS) is 14.1. The molecule has 0 bridgehead atoms. The maximum atomic E-state index is 12.6. The zero-order chi connectivity index (χ0) is 27.4. The molecule has 0 aromatic heterocycles. The van der Waals surface area contributed by atoms with Crippen LogP contribution in [-0.4, -0.2) is 46.5 Å². The average molecular weight is 528 g/mol. The second-order valence-electron chi connectivity index (χ2n) is 11.4. The lowest BCUT2D eigenvalue weighted by Crippen LogP contribution is -2.38. The van der Waals surface area contributed by atoms with Gasteiger partial charge in [-0.05, 0) is 25.8 Å². The first-order valence-electron chi connectivity index (χ1n) is 16.3. The van der Waals surface area contributed by atoms with Gasteiger partial charge < -0.3 is 21.1 Å². The summed E-state index contributed by atoms with van der Waals surface area (Å²) in [5, 5.41) is 30.5. The number of ketones is 1. The fourth-order valence-electron chi connectivity index (χ4n) is 5.26. The van der Waals surface area contributed by atoms with Gasteiger partial charge in [0.1, 0.15) is 6.10 Å². The van der Waals surface area contributed by atoms with Gasteiger partial charge in [0.15, 0.2) is 5.78 Å². The van der Waals surface area contributed by atoms with Gasteiger partial charge >= 0.3 is 0 Å². The number of carbonyl (C=O) groups is 1. The number of hydrogen-bond acceptors (Lipinski definition) is 5. The first-order chi connectivity index (χ1) is 18.1. The fourth-order valence-corrected chi connectivity index (χ4v) is 5.26. The number of rotatable bonds is 30. The van der Waals surface area contributed by atoms with Crippen LogP contribution < -0.4 is 5.73 Å². The lowest BCUT2D eigenvalue weighted by molar-refractivity contribution is -0.137. The summed E-state index contributed by atoms with van der Waals surface area (Å²) in [6, 6.07) is 0. The molecule has 3 atom stereocenters. The van der Waals surface area contributed by atoms with Crippen molar-refractivity contribution in [2.75, 3.05) is 13.2 Å². The molecule has 5 heteroatoms. The van der Waals surface area contributed by atoms with Crippen LogP contribution in [0.1, 0.15) is 167 Å². The largest absolute Gasteiger partial charge is 0.396 e. The summed E-state index contributed by atoms with van der Waals surface area (Å²) in [5.74, 6) is -1.24. The van der Waals surface area contributed by atoms with E-state index < -0.39 is 18.1 Å². The summed E-state index contributed by atoms with van der Waals surface area (Å²) in [7, 11) is 0. The van der Waals surface area contributed by atoms with Crippen molar-refractivity contribution in [3.63, 3.8) is 0 Å². The number of nitrogens with two attached hydrogens (primary N) is 1. The van der Waals surface area contributed by atoms with E-state index in [2.05, 4.69) is 6.92 Å². The Morgan fingerprint density at radius 1 is 0.568 bits per heavy atom. The molecule has 5 N–H and O–H groups in total. The highest BCUT2D eigenvalue weighted by molar-refractivity contribution is 5.85. The van der Waals surface area contributed by atoms with Gasteiger partial charge in [0.2, 0.25) is 0 Å². The fraction of sp³-hybridized carbons (Fsp3) is 0.969. The zero-order valence-electron chi connectivity index (χ0n) is 24.7. The molecule has 222 valence electrons. The molecule has 0 aliphatic rings. The molecular weight excluding hydrogens is 462 g/mol. The predicted molar refractivity (Wildman–Crippen MR) is 158 cm³/mol. The minimum atomic E-state index is -1.06. The van der Waals surface area contributed by atoms with Crippen molar-refractivity contribution in [2.45, 2.75) is 180 Å². The number of aliphatic hydroxyl groups excluding tert-OH is 3. The van der Waals surface area contributed by atoms with Gasteiger partial charge in [-0.1, -0.05) is 148 Å². The molecule has 5 nitrogen and oxygen atoms in total. The molecule has 0 aliphatic carbocycles. The second-order valence-corrected chi connectivity index (χ2v) is 11.4. The molecule has 37 heavy (non-hydrogen) atoms. The minimum absolute atomic E-state index is 0.385. The summed E-state index contributed by atoms with van der Waals surface area (Å²) < 4.78 is 0. The summed E-state index contributed by atoms with van der Waals surface area (Å²) >= 11 is 0. The Morgan fingerprint density at radius 3 is 1.30 bits per heavy atom. The van der Waals surface area contributed by atoms with E-state index in [1.54, 1.807) is 0 Å². The van der Waals surface area contributed by atoms with E-state index in [1.807, 2.05) is 0 Å². The van der Waals surface area contributed by atoms with E-state index in [0.29, 0.717) is 12.8 Å². The van der Waals surface area contributed by atoms with Crippen molar-refractivity contribution in [2.24, 2.45) is 11.7 Å². The summed E-state index contributed by atoms with van der Waals surface area (Å²) in [6.45, 7) is 2.67. The predicted octanol–water partition coefficient (Wildman–Crippen LogP) is 7.62. The summed E-state index contributed by atoms with van der Waals surface area (Å²) in [6.07, 6.45) is 27.2. The molecule has 3 unspecified atom stereocenters. The average Bonchev–Trinajstić information content (AvgIpc) is 2.90. The Labute approximate surface area is 230 Å². The van der Waals surface area contributed by atoms with Crippen LogP contribution >= 0.6 is 0 Å². The highest BCUT2D eigenvalue weighted by atomic mass is 16.3. The van der Waals surface area contributed by atoms with Crippen LogP contribution in [0.15, 0.2) is 0 Å². The van der Waals surface area contributed by atoms with Crippen LogP contribution in [0, 0.1) is 5.92 Å². The molecule has 0 fully saturated rings. The maximum absolute atomic E-state index is 12.6. The molecular formula is C32H65NO4. The Hall–Kier alpha value is -0.490. The van der Waals surface area contributed by atoms with Crippen molar-refractivity contribution >= 4 is 5.78 Å². The SMILES string of the molecule is CCCCCCCCCCCCCCC(O)C(=O)C(CO)C(O)CCCCCCCCCCCCCN. The number of aliphatic hydroxyl groups is 3. The molecule has 0 spiro atoms. The van der Waals surface area contributed by atoms with Gasteiger partial charge in [-0.2, -0.15) is 0 Å². The van der Waals surface area contributed by atoms with E-state index in [9.17, 15) is 20.1 Å². The van der Waals surface area contributed by atoms with Crippen molar-refractivity contribution in [1.82, 2.24) is 0 Å². The standard InChI is InChI=1S/C32H65NO4/c1-2-3-4-5-6-7-8-10-14-17-20-23-26-31(36)32(37)29(28-34)30(35)25-22-19-16-13-11-9-12-15-18-21-24-27-33/h29-31,34-36H,2-28,33H2,1H3. The second kappa shape index (κ2) is 28.5. The van der Waals surface area contributed by atoms with Gasteiger partial charge in [0.05, 0.1) is 18.6 Å². The molecule has 0 aliphatic heterocycles. The third kappa shape index (κ3) is 23.1. The summed E-state index contributed by atoms with van der Waals surface area (Å²) in [4.78, 5) is 12.6. The highest BCUT2D eigenvalue weighted by Gasteiger charge is 2.30. The molecule has 0 rings (SSSR count). The van der Waals surface area contributed by atoms with Crippen LogP contribution in [0.3, 0.4) is 0 Å². The smallest absolute Gasteiger partial charge is 0.169 e. The lowest BCUT2D eigenvalue weighted by Gasteiger charge is -2.22. The topological polar surface area (TPSA) is 104 Å². The number of unbranched alkanes of at least 4 members (excludes halogenated alkanes) is 21. The van der Waals surface area contributed by atoms with Crippen LogP contribution in [0.25, 0.3) is 0 Å². The Morgan fingerprint density at radius 2 is 0.919 bits per heavy atom. The monoisotopic (exact) mass is 527 g/mol. The molecule has 0 aromatic rings. The molecule has 0 radical (unpaired) electrons. The Bertz CT molecular complexity index is 474. The number of carbonyl (C=O) groups excluding carboxylic acids is 1. The van der Waals surface area contributed by atoms with Crippen LogP contribution in [0.5, 0.6) is 0 Å². The van der Waals surface area contributed by atoms with Crippen molar-refractivity contribution in [3.05, 3.63) is 0 Å². The van der Waals surface area contributed by atoms with Crippen LogP contribution in [0.4, 0.5) is 0 Å². The molecule has 0 saturated carbocycles. The van der Waals surface area contributed by atoms with E-state index >= 15 is 0 Å². The Balaban J connectivity index is 3.73. The number of hydrogen-bond donors (Lipinski definition) is 4. The lowest BCUT2D eigenvalue weighted by atomic mass is 9.89. The van der Waals surface area contributed by atoms with E-state index in [1.165, 1.54) is 103 Å². The molecule has 0 heterocycles. The van der Waals surface area contributed by atoms with Crippen molar-refractivity contribution in [3.8, 4) is 0 Å². The van der Waals surface area contributed by atoms with Crippen LogP contribution in [-0.2, 0) is 4.79 Å². The summed E-state index contributed by atoms with van der Waals surface area (Å²) in [5.41, 5.74) is 5.52. The van der Waals surface area contributed by atoms with E-state index in [4.69, 9.17) is 5.73 Å². The molecule has 0 amide bonds. The first kappa shape index (κ1) is 36.5. The highest BCUT2D eigenvalue weighted by Crippen LogP contribution is 2.19. The Kier molecular flexibility index (Phi) is 28.1. The number of Topliss-reactive ketones (excluding diaryl/α,β-unsaturated/α-hetero) is 1. The maximum Gasteiger partial charge on any atom is 0.169 e. The molecule has 0 saturated heterocycles. The third-order valence-corrected chi connectivity index (χ3v) is 7.89. The third-order valence-electron chi connectivity index (χ3n) is 7.89. The van der Waals surface area contributed by atoms with E-state index in [-0.39, 0.29) is 12.4 Å². The van der Waals surface area contributed by atoms with Gasteiger partial charge in [-0.25, -0.2) is 0 Å². The van der Waals surface area contributed by atoms with Gasteiger partial charge in [0, 0.05) is 0 Å². The zero-order valence-corrected chi connectivity index (χ0v) is 24.7. The van der Waals surface area contributed by atoms with Gasteiger partial charge in [-0.3, -0.25) is 4.79 Å². The van der Waals surface area contributed by atoms with Gasteiger partial charge in [-0.15, -0.1) is 0 Å². The first-order valence-corrected chi connectivity index (χ1v) is 16.3. The quantitative estimate of drug-likeness (QED) is 0.0719. The van der Waals surface area contributed by atoms with Gasteiger partial charge in [0.25, 0.3) is 0 Å². The van der Waals surface area contributed by atoms with Crippen molar-refractivity contribution < 1.29 is 20.1 Å².